The second-order valence-electron chi connectivity index (χ2n) is 5.81. The largest absolute Gasteiger partial charge is 0.420 e. The number of rotatable bonds is 3. The highest BCUT2D eigenvalue weighted by atomic mass is 16.5. The van der Waals surface area contributed by atoms with Crippen LogP contribution in [0.1, 0.15) is 5.56 Å². The number of nitrogens with one attached hydrogen (secondary N) is 1. The molecule has 1 saturated heterocycles. The average molecular weight is 340 g/mol. The Morgan fingerprint density at radius 3 is 2.08 bits per heavy atom. The van der Waals surface area contributed by atoms with Crippen LogP contribution in [0.5, 0.6) is 0 Å². The zero-order chi connectivity index (χ0) is 17.8. The molecule has 0 spiro atoms. The highest BCUT2D eigenvalue weighted by Gasteiger charge is 2.24. The van der Waals surface area contributed by atoms with Crippen molar-refractivity contribution in [2.24, 2.45) is 4.99 Å². The minimum Gasteiger partial charge on any atom is -0.420 e. The summed E-state index contributed by atoms with van der Waals surface area (Å²) < 4.78 is 5.55. The van der Waals surface area contributed by atoms with Crippen molar-refractivity contribution < 1.29 is 9.53 Å². The van der Waals surface area contributed by atoms with Crippen LogP contribution in [-0.2, 0) is 9.53 Å². The number of hydrogen-bond donors (Lipinski definition) is 1. The quantitative estimate of drug-likeness (QED) is 0.712. The number of hydrogen-bond acceptors (Lipinski definition) is 3. The van der Waals surface area contributed by atoms with Crippen LogP contribution in [0.2, 0.25) is 0 Å². The van der Waals surface area contributed by atoms with E-state index >= 15 is 0 Å². The third-order valence-electron chi connectivity index (χ3n) is 3.95. The van der Waals surface area contributed by atoms with Crippen LogP contribution in [0.25, 0.3) is 17.2 Å². The molecule has 26 heavy (non-hydrogen) atoms. The molecule has 126 valence electrons. The van der Waals surface area contributed by atoms with Gasteiger partial charge in [-0.15, -0.1) is 0 Å². The van der Waals surface area contributed by atoms with E-state index in [1.807, 2.05) is 72.8 Å². The molecule has 0 radical (unpaired) electrons. The maximum absolute atomic E-state index is 12.1. The minimum absolute atomic E-state index is 0.188. The predicted octanol–water partition coefficient (Wildman–Crippen LogP) is 4.53. The van der Waals surface area contributed by atoms with Crippen molar-refractivity contribution in [1.82, 2.24) is 5.32 Å². The second kappa shape index (κ2) is 7.07. The molecule has 0 bridgehead atoms. The van der Waals surface area contributed by atoms with Crippen LogP contribution in [0.3, 0.4) is 0 Å². The van der Waals surface area contributed by atoms with Gasteiger partial charge in [-0.3, -0.25) is 10.1 Å². The van der Waals surface area contributed by atoms with Crippen molar-refractivity contribution in [1.29, 1.82) is 0 Å². The molecule has 3 aromatic carbocycles. The van der Waals surface area contributed by atoms with Gasteiger partial charge in [-0.25, -0.2) is 0 Å². The summed E-state index contributed by atoms with van der Waals surface area (Å²) in [5.41, 5.74) is 3.88. The third kappa shape index (κ3) is 3.54. The number of aliphatic imine (C=N–C) groups is 1. The molecule has 1 aliphatic rings. The normalized spacial score (nSPS) is 16.5. The lowest BCUT2D eigenvalue weighted by atomic mass is 10.0. The number of amides is 1. The molecule has 1 amide bonds. The Kier molecular flexibility index (Phi) is 4.31. The minimum atomic E-state index is -0.299. The lowest BCUT2D eigenvalue weighted by molar-refractivity contribution is -0.116. The smallest absolute Gasteiger partial charge is 0.302 e. The summed E-state index contributed by atoms with van der Waals surface area (Å²) in [6.45, 7) is 0. The number of benzene rings is 3. The Morgan fingerprint density at radius 1 is 0.769 bits per heavy atom. The molecule has 0 aromatic heterocycles. The van der Waals surface area contributed by atoms with E-state index in [0.29, 0.717) is 0 Å². The first-order chi connectivity index (χ1) is 12.8. The van der Waals surface area contributed by atoms with Crippen molar-refractivity contribution in [3.63, 3.8) is 0 Å². The summed E-state index contributed by atoms with van der Waals surface area (Å²) in [5, 5.41) is 2.63. The van der Waals surface area contributed by atoms with E-state index in [9.17, 15) is 4.79 Å². The van der Waals surface area contributed by atoms with Gasteiger partial charge in [-0.05, 0) is 34.9 Å². The van der Waals surface area contributed by atoms with E-state index in [-0.39, 0.29) is 17.7 Å². The van der Waals surface area contributed by atoms with Gasteiger partial charge in [0, 0.05) is 0 Å². The number of ether oxygens (including phenoxy) is 1. The van der Waals surface area contributed by atoms with Crippen LogP contribution in [-0.4, -0.2) is 11.9 Å². The Morgan fingerprint density at radius 2 is 1.38 bits per heavy atom. The average Bonchev–Trinajstić information content (AvgIpc) is 3.03. The van der Waals surface area contributed by atoms with Crippen molar-refractivity contribution in [2.45, 2.75) is 0 Å². The van der Waals surface area contributed by atoms with Gasteiger partial charge in [0.1, 0.15) is 0 Å². The van der Waals surface area contributed by atoms with Gasteiger partial charge < -0.3 is 4.74 Å². The molecule has 1 heterocycles. The monoisotopic (exact) mass is 340 g/mol. The van der Waals surface area contributed by atoms with E-state index < -0.39 is 0 Å². The lowest BCUT2D eigenvalue weighted by Crippen LogP contribution is -2.20. The molecule has 4 rings (SSSR count). The van der Waals surface area contributed by atoms with Gasteiger partial charge in [-0.2, -0.15) is 4.99 Å². The summed E-state index contributed by atoms with van der Waals surface area (Å²) >= 11 is 0. The molecule has 1 N–H and O–H groups in total. The summed E-state index contributed by atoms with van der Waals surface area (Å²) in [6, 6.07) is 27.6. The molecule has 4 nitrogen and oxygen atoms in total. The molecular weight excluding hydrogens is 324 g/mol. The first-order valence-corrected chi connectivity index (χ1v) is 8.28. The molecule has 0 saturated carbocycles. The summed E-state index contributed by atoms with van der Waals surface area (Å²) in [4.78, 5) is 16.4. The number of carbonyl (C=O) groups excluding carboxylic acids is 1. The predicted molar refractivity (Wildman–Crippen MR) is 103 cm³/mol. The van der Waals surface area contributed by atoms with Crippen LogP contribution in [0.4, 0.5) is 5.69 Å². The molecule has 3 aromatic rings. The Balaban J connectivity index is 1.53. The van der Waals surface area contributed by atoms with E-state index in [4.69, 9.17) is 4.74 Å². The van der Waals surface area contributed by atoms with E-state index in [1.165, 1.54) is 0 Å². The van der Waals surface area contributed by atoms with Gasteiger partial charge in [0.05, 0.1) is 5.69 Å². The topological polar surface area (TPSA) is 50.7 Å². The van der Waals surface area contributed by atoms with Crippen molar-refractivity contribution >= 4 is 23.7 Å². The van der Waals surface area contributed by atoms with Gasteiger partial charge in [0.2, 0.25) is 0 Å². The Labute approximate surface area is 151 Å². The fourth-order valence-electron chi connectivity index (χ4n) is 2.65. The second-order valence-corrected chi connectivity index (χ2v) is 5.81. The Bertz CT molecular complexity index is 976. The number of carbonyl (C=O) groups is 1. The van der Waals surface area contributed by atoms with Crippen LogP contribution < -0.4 is 5.32 Å². The zero-order valence-electron chi connectivity index (χ0n) is 13.9. The van der Waals surface area contributed by atoms with Crippen molar-refractivity contribution in [3.05, 3.63) is 96.3 Å². The zero-order valence-corrected chi connectivity index (χ0v) is 13.9. The van der Waals surface area contributed by atoms with Gasteiger partial charge in [0.25, 0.3) is 5.91 Å². The molecule has 0 aliphatic carbocycles. The number of amidine groups is 1. The van der Waals surface area contributed by atoms with E-state index in [1.54, 1.807) is 6.08 Å². The summed E-state index contributed by atoms with van der Waals surface area (Å²) in [6.07, 6.45) is 1.71. The molecule has 1 fully saturated rings. The maximum atomic E-state index is 12.1. The molecular formula is C22H16N2O2. The highest BCUT2D eigenvalue weighted by molar-refractivity contribution is 6.11. The third-order valence-corrected chi connectivity index (χ3v) is 3.95. The van der Waals surface area contributed by atoms with Gasteiger partial charge in [-0.1, -0.05) is 72.8 Å². The highest BCUT2D eigenvalue weighted by Crippen LogP contribution is 2.21. The molecule has 1 aliphatic heterocycles. The van der Waals surface area contributed by atoms with Crippen LogP contribution >= 0.6 is 0 Å². The fraction of sp³-hybridized carbons (Fsp3) is 0. The first kappa shape index (κ1) is 15.8. The maximum Gasteiger partial charge on any atom is 0.302 e. The van der Waals surface area contributed by atoms with Crippen molar-refractivity contribution in [3.8, 4) is 11.1 Å². The number of para-hydroxylation sites is 1. The SMILES string of the molecule is O=C1NC(=Nc2ccccc2)OC1=Cc1ccc(-c2ccccc2)cc1. The lowest BCUT2D eigenvalue weighted by Gasteiger charge is -2.02. The summed E-state index contributed by atoms with van der Waals surface area (Å²) in [5.74, 6) is -0.0704. The standard InChI is InChI=1S/C22H16N2O2/c25-21-20(26-22(24-21)23-19-9-5-2-6-10-19)15-16-11-13-18(14-12-16)17-7-3-1-4-8-17/h1-15H,(H,23,24,25). The van der Waals surface area contributed by atoms with Crippen LogP contribution in [0.15, 0.2) is 95.7 Å². The molecule has 0 unspecified atom stereocenters. The number of nitrogens with zero attached hydrogens (tertiary/aromatic N) is 1. The molecule has 4 heteroatoms. The van der Waals surface area contributed by atoms with Gasteiger partial charge in [0.15, 0.2) is 5.76 Å². The molecule has 0 atom stereocenters. The van der Waals surface area contributed by atoms with E-state index in [2.05, 4.69) is 22.4 Å². The van der Waals surface area contributed by atoms with Crippen molar-refractivity contribution in [2.75, 3.05) is 0 Å². The Hall–Kier alpha value is -3.66. The van der Waals surface area contributed by atoms with Gasteiger partial charge >= 0.3 is 6.02 Å². The first-order valence-electron chi connectivity index (χ1n) is 8.28. The van der Waals surface area contributed by atoms with Crippen LogP contribution in [0, 0.1) is 0 Å². The fourth-order valence-corrected chi connectivity index (χ4v) is 2.65. The summed E-state index contributed by atoms with van der Waals surface area (Å²) in [7, 11) is 0. The van der Waals surface area contributed by atoms with E-state index in [0.717, 1.165) is 22.4 Å².